The molecule has 0 aliphatic heterocycles. The van der Waals surface area contributed by atoms with Crippen LogP contribution in [-0.4, -0.2) is 6.54 Å². The summed E-state index contributed by atoms with van der Waals surface area (Å²) in [5.74, 6) is 0. The molecule has 1 nitrogen and oxygen atoms in total. The molecule has 0 aliphatic carbocycles. The van der Waals surface area contributed by atoms with Crippen molar-refractivity contribution in [3.05, 3.63) is 65.9 Å². The first kappa shape index (κ1) is 17.6. The van der Waals surface area contributed by atoms with Crippen LogP contribution in [0, 0.1) is 0 Å². The second kappa shape index (κ2) is 7.36. The van der Waals surface area contributed by atoms with Crippen LogP contribution in [0.2, 0.25) is 0 Å². The number of hydrogen-bond donors (Lipinski definition) is 1. The van der Waals surface area contributed by atoms with E-state index in [0.717, 1.165) is 35.4 Å². The summed E-state index contributed by atoms with van der Waals surface area (Å²) in [4.78, 5) is 0. The third kappa shape index (κ3) is 3.59. The van der Waals surface area contributed by atoms with Gasteiger partial charge >= 0.3 is 0 Å². The number of benzene rings is 3. The molecule has 3 aromatic rings. The van der Waals surface area contributed by atoms with Crippen LogP contribution in [0.3, 0.4) is 0 Å². The van der Waals surface area contributed by atoms with Gasteiger partial charge in [-0.3, -0.25) is 0 Å². The summed E-state index contributed by atoms with van der Waals surface area (Å²) in [6.07, 6.45) is 0.888. The average molecular weight is 563 g/mol. The minimum atomic E-state index is 0.660. The SMILES string of the molecule is NCCc1ccc2c(Br)c(-c3cc(Br)ccc3Br)cc(Br)c2c1. The van der Waals surface area contributed by atoms with E-state index in [4.69, 9.17) is 5.73 Å². The van der Waals surface area contributed by atoms with E-state index < -0.39 is 0 Å². The van der Waals surface area contributed by atoms with Crippen molar-refractivity contribution in [2.24, 2.45) is 5.73 Å². The van der Waals surface area contributed by atoms with Gasteiger partial charge in [0.15, 0.2) is 0 Å². The van der Waals surface area contributed by atoms with Crippen LogP contribution in [-0.2, 0) is 6.42 Å². The highest BCUT2D eigenvalue weighted by Gasteiger charge is 2.14. The smallest absolute Gasteiger partial charge is 0.0333 e. The van der Waals surface area contributed by atoms with Gasteiger partial charge in [-0.25, -0.2) is 0 Å². The van der Waals surface area contributed by atoms with Crippen molar-refractivity contribution in [2.75, 3.05) is 6.54 Å². The summed E-state index contributed by atoms with van der Waals surface area (Å²) in [5, 5.41) is 2.37. The summed E-state index contributed by atoms with van der Waals surface area (Å²) in [6.45, 7) is 0.660. The minimum Gasteiger partial charge on any atom is -0.330 e. The van der Waals surface area contributed by atoms with E-state index in [1.165, 1.54) is 16.3 Å². The van der Waals surface area contributed by atoms with E-state index in [0.29, 0.717) is 6.54 Å². The lowest BCUT2D eigenvalue weighted by molar-refractivity contribution is 0.971. The van der Waals surface area contributed by atoms with Crippen LogP contribution in [0.4, 0.5) is 0 Å². The van der Waals surface area contributed by atoms with E-state index in [-0.39, 0.29) is 0 Å². The molecular formula is C18H13Br4N. The summed E-state index contributed by atoms with van der Waals surface area (Å²) in [5.41, 5.74) is 9.21. The van der Waals surface area contributed by atoms with Crippen molar-refractivity contribution in [1.29, 1.82) is 0 Å². The Labute approximate surface area is 169 Å². The molecule has 0 aromatic heterocycles. The highest BCUT2D eigenvalue weighted by Crippen LogP contribution is 2.42. The average Bonchev–Trinajstić information content (AvgIpc) is 2.54. The number of halogens is 4. The standard InChI is InChI=1S/C18H13Br4N/c19-11-2-4-16(20)14(8-11)15-9-17(21)13-7-10(5-6-23)1-3-12(13)18(15)22/h1-4,7-9H,5-6,23H2. The molecule has 0 fully saturated rings. The minimum absolute atomic E-state index is 0.660. The molecular weight excluding hydrogens is 550 g/mol. The molecule has 118 valence electrons. The second-order valence-electron chi connectivity index (χ2n) is 5.26. The highest BCUT2D eigenvalue weighted by molar-refractivity contribution is 9.11. The molecule has 0 radical (unpaired) electrons. The van der Waals surface area contributed by atoms with Gasteiger partial charge < -0.3 is 5.73 Å². The number of nitrogens with two attached hydrogens (primary N) is 1. The van der Waals surface area contributed by atoms with Crippen LogP contribution < -0.4 is 5.73 Å². The van der Waals surface area contributed by atoms with Crippen LogP contribution in [0.1, 0.15) is 5.56 Å². The van der Waals surface area contributed by atoms with Crippen molar-refractivity contribution in [1.82, 2.24) is 0 Å². The van der Waals surface area contributed by atoms with Crippen LogP contribution >= 0.6 is 63.7 Å². The molecule has 0 atom stereocenters. The van der Waals surface area contributed by atoms with E-state index in [1.54, 1.807) is 0 Å². The zero-order valence-corrected chi connectivity index (χ0v) is 18.4. The molecule has 0 amide bonds. The largest absolute Gasteiger partial charge is 0.330 e. The van der Waals surface area contributed by atoms with Gasteiger partial charge in [-0.05, 0) is 86.7 Å². The first-order valence-electron chi connectivity index (χ1n) is 7.07. The van der Waals surface area contributed by atoms with Gasteiger partial charge in [-0.2, -0.15) is 0 Å². The quantitative estimate of drug-likeness (QED) is 0.363. The third-order valence-electron chi connectivity index (χ3n) is 3.74. The molecule has 0 saturated heterocycles. The summed E-state index contributed by atoms with van der Waals surface area (Å²) in [6, 6.07) is 14.9. The predicted octanol–water partition coefficient (Wildman–Crippen LogP) is 7.06. The Balaban J connectivity index is 2.26. The Morgan fingerprint density at radius 2 is 1.52 bits per heavy atom. The van der Waals surface area contributed by atoms with Gasteiger partial charge in [0.05, 0.1) is 0 Å². The first-order valence-corrected chi connectivity index (χ1v) is 10.2. The maximum Gasteiger partial charge on any atom is 0.0333 e. The Morgan fingerprint density at radius 1 is 0.739 bits per heavy atom. The fraction of sp³-hybridized carbons (Fsp3) is 0.111. The fourth-order valence-corrected chi connectivity index (χ4v) is 4.67. The Bertz CT molecular complexity index is 890. The Kier molecular flexibility index (Phi) is 5.64. The number of fused-ring (bicyclic) bond motifs is 1. The molecule has 0 aliphatic rings. The summed E-state index contributed by atoms with van der Waals surface area (Å²) >= 11 is 14.7. The molecule has 2 N–H and O–H groups in total. The maximum atomic E-state index is 5.67. The van der Waals surface area contributed by atoms with Crippen molar-refractivity contribution in [3.8, 4) is 11.1 Å². The molecule has 0 spiro atoms. The van der Waals surface area contributed by atoms with E-state index >= 15 is 0 Å². The van der Waals surface area contributed by atoms with Gasteiger partial charge in [0.2, 0.25) is 0 Å². The highest BCUT2D eigenvalue weighted by atomic mass is 79.9. The lowest BCUT2D eigenvalue weighted by Crippen LogP contribution is -2.02. The zero-order valence-electron chi connectivity index (χ0n) is 12.0. The lowest BCUT2D eigenvalue weighted by atomic mass is 9.99. The molecule has 23 heavy (non-hydrogen) atoms. The topological polar surface area (TPSA) is 26.0 Å². The Hall–Kier alpha value is -0.200. The van der Waals surface area contributed by atoms with Crippen molar-refractivity contribution in [3.63, 3.8) is 0 Å². The van der Waals surface area contributed by atoms with Crippen LogP contribution in [0.5, 0.6) is 0 Å². The molecule has 0 unspecified atom stereocenters. The lowest BCUT2D eigenvalue weighted by Gasteiger charge is -2.13. The Morgan fingerprint density at radius 3 is 2.26 bits per heavy atom. The van der Waals surface area contributed by atoms with Crippen LogP contribution in [0.25, 0.3) is 21.9 Å². The molecule has 0 heterocycles. The summed E-state index contributed by atoms with van der Waals surface area (Å²) < 4.78 is 4.29. The molecule has 0 saturated carbocycles. The third-order valence-corrected chi connectivity index (χ3v) is 6.43. The van der Waals surface area contributed by atoms with Gasteiger partial charge in [0.25, 0.3) is 0 Å². The van der Waals surface area contributed by atoms with Crippen molar-refractivity contribution in [2.45, 2.75) is 6.42 Å². The van der Waals surface area contributed by atoms with E-state index in [9.17, 15) is 0 Å². The predicted molar refractivity (Wildman–Crippen MR) is 113 cm³/mol. The molecule has 5 heteroatoms. The normalized spacial score (nSPS) is 11.2. The van der Waals surface area contributed by atoms with E-state index in [2.05, 4.69) is 94.1 Å². The molecule has 3 rings (SSSR count). The molecule has 3 aromatic carbocycles. The monoisotopic (exact) mass is 559 g/mol. The van der Waals surface area contributed by atoms with Crippen molar-refractivity contribution < 1.29 is 0 Å². The van der Waals surface area contributed by atoms with Gasteiger partial charge in [-0.15, -0.1) is 0 Å². The summed E-state index contributed by atoms with van der Waals surface area (Å²) in [7, 11) is 0. The van der Waals surface area contributed by atoms with Gasteiger partial charge in [0.1, 0.15) is 0 Å². The van der Waals surface area contributed by atoms with Crippen LogP contribution in [0.15, 0.2) is 60.4 Å². The van der Waals surface area contributed by atoms with E-state index in [1.807, 2.05) is 12.1 Å². The second-order valence-corrected chi connectivity index (χ2v) is 8.68. The first-order chi connectivity index (χ1) is 11.0. The van der Waals surface area contributed by atoms with Crippen molar-refractivity contribution >= 4 is 74.5 Å². The van der Waals surface area contributed by atoms with Gasteiger partial charge in [-0.1, -0.05) is 59.9 Å². The number of hydrogen-bond acceptors (Lipinski definition) is 1. The maximum absolute atomic E-state index is 5.67. The number of rotatable bonds is 3. The fourth-order valence-electron chi connectivity index (χ4n) is 2.62. The van der Waals surface area contributed by atoms with Gasteiger partial charge in [0, 0.05) is 17.9 Å². The zero-order chi connectivity index (χ0) is 16.6. The molecule has 0 bridgehead atoms.